The van der Waals surface area contributed by atoms with Crippen LogP contribution < -0.4 is 5.32 Å². The molecule has 0 unspecified atom stereocenters. The maximum atomic E-state index is 5.88. The Morgan fingerprint density at radius 1 is 1.38 bits per heavy atom. The molecule has 90 valence electrons. The van der Waals surface area contributed by atoms with Gasteiger partial charge in [0.1, 0.15) is 10.7 Å². The number of aromatic nitrogens is 2. The molecule has 0 amide bonds. The first-order chi connectivity index (χ1) is 7.90. The second-order valence-corrected chi connectivity index (χ2v) is 4.90. The highest BCUT2D eigenvalue weighted by Crippen LogP contribution is 2.23. The molecular formula is C11H19N3OS. The summed E-state index contributed by atoms with van der Waals surface area (Å²) < 4.78 is 9.83. The van der Waals surface area contributed by atoms with Gasteiger partial charge in [-0.1, -0.05) is 23.8 Å². The molecule has 0 atom stereocenters. The molecule has 1 heterocycles. The topological polar surface area (TPSA) is 47.0 Å². The van der Waals surface area contributed by atoms with Crippen LogP contribution in [-0.2, 0) is 11.3 Å². The molecule has 5 heteroatoms. The Kier molecular flexibility index (Phi) is 4.54. The summed E-state index contributed by atoms with van der Waals surface area (Å²) in [5.74, 6) is 0. The Balaban J connectivity index is 1.81. The molecule has 1 N–H and O–H groups in total. The molecule has 0 spiro atoms. The fraction of sp³-hybridized carbons (Fsp3) is 0.818. The number of hydrogen-bond acceptors (Lipinski definition) is 5. The molecule has 0 bridgehead atoms. The highest BCUT2D eigenvalue weighted by atomic mass is 32.1. The SMILES string of the molecule is CCNc1snnc1COC1CCCCC1. The minimum absolute atomic E-state index is 0.435. The van der Waals surface area contributed by atoms with E-state index in [1.807, 2.05) is 0 Å². The summed E-state index contributed by atoms with van der Waals surface area (Å²) in [4.78, 5) is 0. The van der Waals surface area contributed by atoms with Crippen LogP contribution in [0.5, 0.6) is 0 Å². The van der Waals surface area contributed by atoms with E-state index in [4.69, 9.17) is 4.74 Å². The molecule has 1 aromatic rings. The van der Waals surface area contributed by atoms with Crippen molar-refractivity contribution in [3.8, 4) is 0 Å². The summed E-state index contributed by atoms with van der Waals surface area (Å²) in [6.07, 6.45) is 6.81. The predicted octanol–water partition coefficient (Wildman–Crippen LogP) is 2.82. The Bertz CT molecular complexity index is 310. The first-order valence-corrected chi connectivity index (χ1v) is 6.84. The third kappa shape index (κ3) is 3.15. The quantitative estimate of drug-likeness (QED) is 0.861. The van der Waals surface area contributed by atoms with E-state index in [1.54, 1.807) is 0 Å². The van der Waals surface area contributed by atoms with Crippen LogP contribution in [0.25, 0.3) is 0 Å². The zero-order chi connectivity index (χ0) is 11.2. The molecular weight excluding hydrogens is 222 g/mol. The smallest absolute Gasteiger partial charge is 0.135 e. The largest absolute Gasteiger partial charge is 0.374 e. The van der Waals surface area contributed by atoms with Gasteiger partial charge in [0.25, 0.3) is 0 Å². The molecule has 0 radical (unpaired) electrons. The molecule has 1 aliphatic carbocycles. The van der Waals surface area contributed by atoms with Crippen molar-refractivity contribution in [2.75, 3.05) is 11.9 Å². The van der Waals surface area contributed by atoms with Gasteiger partial charge >= 0.3 is 0 Å². The molecule has 0 saturated heterocycles. The molecule has 0 aromatic carbocycles. The Hall–Kier alpha value is -0.680. The van der Waals surface area contributed by atoms with E-state index in [1.165, 1.54) is 43.6 Å². The molecule has 16 heavy (non-hydrogen) atoms. The fourth-order valence-electron chi connectivity index (χ4n) is 2.03. The predicted molar refractivity (Wildman–Crippen MR) is 65.7 cm³/mol. The third-order valence-corrected chi connectivity index (χ3v) is 3.63. The van der Waals surface area contributed by atoms with Gasteiger partial charge in [-0.15, -0.1) is 5.10 Å². The van der Waals surface area contributed by atoms with Crippen LogP contribution >= 0.6 is 11.5 Å². The average Bonchev–Trinajstić information content (AvgIpc) is 2.76. The van der Waals surface area contributed by atoms with Crippen molar-refractivity contribution in [1.82, 2.24) is 9.59 Å². The van der Waals surface area contributed by atoms with Crippen LogP contribution in [0.3, 0.4) is 0 Å². The molecule has 1 fully saturated rings. The van der Waals surface area contributed by atoms with E-state index in [2.05, 4.69) is 21.8 Å². The minimum atomic E-state index is 0.435. The van der Waals surface area contributed by atoms with Crippen LogP contribution in [0.15, 0.2) is 0 Å². The second-order valence-electron chi connectivity index (χ2n) is 4.15. The van der Waals surface area contributed by atoms with Crippen LogP contribution in [-0.4, -0.2) is 22.2 Å². The van der Waals surface area contributed by atoms with E-state index < -0.39 is 0 Å². The monoisotopic (exact) mass is 241 g/mol. The van der Waals surface area contributed by atoms with Gasteiger partial charge in [0, 0.05) is 18.1 Å². The molecule has 2 rings (SSSR count). The van der Waals surface area contributed by atoms with E-state index in [0.717, 1.165) is 17.2 Å². The zero-order valence-electron chi connectivity index (χ0n) is 9.74. The van der Waals surface area contributed by atoms with Crippen molar-refractivity contribution in [3.05, 3.63) is 5.69 Å². The number of hydrogen-bond donors (Lipinski definition) is 1. The maximum Gasteiger partial charge on any atom is 0.135 e. The number of nitrogens with one attached hydrogen (secondary N) is 1. The summed E-state index contributed by atoms with van der Waals surface area (Å²) in [6.45, 7) is 3.58. The summed E-state index contributed by atoms with van der Waals surface area (Å²) in [7, 11) is 0. The first-order valence-electron chi connectivity index (χ1n) is 6.07. The van der Waals surface area contributed by atoms with E-state index in [-0.39, 0.29) is 0 Å². The highest BCUT2D eigenvalue weighted by Gasteiger charge is 2.15. The van der Waals surface area contributed by atoms with Crippen LogP contribution in [0.2, 0.25) is 0 Å². The number of ether oxygens (including phenoxy) is 1. The van der Waals surface area contributed by atoms with Gasteiger partial charge in [0.05, 0.1) is 12.7 Å². The first kappa shape index (κ1) is 11.8. The summed E-state index contributed by atoms with van der Waals surface area (Å²) in [5.41, 5.74) is 0.956. The lowest BCUT2D eigenvalue weighted by Crippen LogP contribution is -2.16. The van der Waals surface area contributed by atoms with Crippen molar-refractivity contribution in [1.29, 1.82) is 0 Å². The van der Waals surface area contributed by atoms with Gasteiger partial charge < -0.3 is 10.1 Å². The fourth-order valence-corrected chi connectivity index (χ4v) is 2.66. The number of nitrogens with zero attached hydrogens (tertiary/aromatic N) is 2. The average molecular weight is 241 g/mol. The van der Waals surface area contributed by atoms with Gasteiger partial charge in [-0.25, -0.2) is 0 Å². The zero-order valence-corrected chi connectivity index (χ0v) is 10.6. The molecule has 0 aliphatic heterocycles. The third-order valence-electron chi connectivity index (χ3n) is 2.90. The molecule has 1 saturated carbocycles. The van der Waals surface area contributed by atoms with E-state index in [0.29, 0.717) is 12.7 Å². The van der Waals surface area contributed by atoms with Crippen molar-refractivity contribution >= 4 is 16.5 Å². The maximum absolute atomic E-state index is 5.88. The standard InChI is InChI=1S/C11H19N3OS/c1-2-12-11-10(13-14-16-11)8-15-9-6-4-3-5-7-9/h9,12H,2-8H2,1H3. The molecule has 1 aliphatic rings. The van der Waals surface area contributed by atoms with Crippen LogP contribution in [0, 0.1) is 0 Å². The summed E-state index contributed by atoms with van der Waals surface area (Å²) in [6, 6.07) is 0. The van der Waals surface area contributed by atoms with Crippen molar-refractivity contribution in [3.63, 3.8) is 0 Å². The van der Waals surface area contributed by atoms with Crippen LogP contribution in [0.1, 0.15) is 44.7 Å². The molecule has 4 nitrogen and oxygen atoms in total. The summed E-state index contributed by atoms with van der Waals surface area (Å²) in [5, 5.41) is 8.41. The van der Waals surface area contributed by atoms with Gasteiger partial charge in [-0.3, -0.25) is 0 Å². The van der Waals surface area contributed by atoms with Gasteiger partial charge in [-0.2, -0.15) is 0 Å². The lowest BCUT2D eigenvalue weighted by Gasteiger charge is -2.21. The lowest BCUT2D eigenvalue weighted by molar-refractivity contribution is 0.0155. The van der Waals surface area contributed by atoms with Gasteiger partial charge in [0.15, 0.2) is 0 Å². The minimum Gasteiger partial charge on any atom is -0.374 e. The van der Waals surface area contributed by atoms with E-state index >= 15 is 0 Å². The lowest BCUT2D eigenvalue weighted by atomic mass is 9.98. The van der Waals surface area contributed by atoms with Crippen LogP contribution in [0.4, 0.5) is 5.00 Å². The summed E-state index contributed by atoms with van der Waals surface area (Å²) >= 11 is 1.41. The second kappa shape index (κ2) is 6.15. The van der Waals surface area contributed by atoms with Gasteiger partial charge in [0.2, 0.25) is 0 Å². The Morgan fingerprint density at radius 3 is 2.94 bits per heavy atom. The van der Waals surface area contributed by atoms with E-state index in [9.17, 15) is 0 Å². The number of rotatable bonds is 5. The normalized spacial score (nSPS) is 17.6. The van der Waals surface area contributed by atoms with Crippen molar-refractivity contribution < 1.29 is 4.74 Å². The Morgan fingerprint density at radius 2 is 2.19 bits per heavy atom. The number of anilines is 1. The van der Waals surface area contributed by atoms with Crippen molar-refractivity contribution in [2.45, 2.75) is 51.7 Å². The van der Waals surface area contributed by atoms with Gasteiger partial charge in [-0.05, 0) is 19.8 Å². The highest BCUT2D eigenvalue weighted by molar-refractivity contribution is 7.10. The Labute approximate surface area is 101 Å². The molecule has 1 aromatic heterocycles. The van der Waals surface area contributed by atoms with Crippen molar-refractivity contribution in [2.24, 2.45) is 0 Å².